The summed E-state index contributed by atoms with van der Waals surface area (Å²) in [6, 6.07) is 4.60. The normalized spacial score (nSPS) is 17.7. The molecule has 0 amide bonds. The summed E-state index contributed by atoms with van der Waals surface area (Å²) in [4.78, 5) is 1.71. The zero-order chi connectivity index (χ0) is 16.2. The van der Waals surface area contributed by atoms with Crippen molar-refractivity contribution < 1.29 is 26.7 Å². The smallest absolute Gasteiger partial charge is 0.390 e. The Morgan fingerprint density at radius 1 is 1.17 bits per heavy atom. The van der Waals surface area contributed by atoms with Crippen LogP contribution >= 0.6 is 12.4 Å². The van der Waals surface area contributed by atoms with Crippen LogP contribution in [0, 0.1) is 0 Å². The molecule has 1 N–H and O–H groups in total. The van der Waals surface area contributed by atoms with E-state index in [4.69, 9.17) is 0 Å². The van der Waals surface area contributed by atoms with Crippen molar-refractivity contribution >= 4 is 12.4 Å². The van der Waals surface area contributed by atoms with E-state index >= 15 is 0 Å². The monoisotopic (exact) mass is 360 g/mol. The van der Waals surface area contributed by atoms with Crippen molar-refractivity contribution in [1.29, 1.82) is 0 Å². The van der Waals surface area contributed by atoms with Crippen LogP contribution in [-0.2, 0) is 0 Å². The molecule has 0 saturated carbocycles. The number of alkyl halides is 5. The predicted octanol–water partition coefficient (Wildman–Crippen LogP) is 3.61. The van der Waals surface area contributed by atoms with E-state index in [1.807, 2.05) is 0 Å². The molecule has 1 aliphatic rings. The van der Waals surface area contributed by atoms with E-state index < -0.39 is 25.3 Å². The quantitative estimate of drug-likeness (QED) is 0.812. The summed E-state index contributed by atoms with van der Waals surface area (Å²) in [6.45, 7) is -0.861. The molecule has 1 saturated heterocycles. The van der Waals surface area contributed by atoms with Crippen molar-refractivity contribution in [3.05, 3.63) is 29.8 Å². The van der Waals surface area contributed by atoms with Gasteiger partial charge in [0.15, 0.2) is 0 Å². The lowest BCUT2D eigenvalue weighted by Crippen LogP contribution is -2.46. The van der Waals surface area contributed by atoms with E-state index in [2.05, 4.69) is 10.1 Å². The predicted molar refractivity (Wildman–Crippen MR) is 78.2 cm³/mol. The fourth-order valence-electron chi connectivity index (χ4n) is 2.57. The summed E-state index contributed by atoms with van der Waals surface area (Å²) >= 11 is 0. The molecule has 1 aromatic carbocycles. The lowest BCUT2D eigenvalue weighted by molar-refractivity contribution is -0.148. The molecule has 132 valence electrons. The summed E-state index contributed by atoms with van der Waals surface area (Å²) in [7, 11) is 0. The van der Waals surface area contributed by atoms with E-state index in [1.165, 1.54) is 24.3 Å². The van der Waals surface area contributed by atoms with Gasteiger partial charge in [-0.1, -0.05) is 12.1 Å². The lowest BCUT2D eigenvalue weighted by Gasteiger charge is -2.35. The number of nitrogens with one attached hydrogen (secondary N) is 1. The number of rotatable bonds is 5. The van der Waals surface area contributed by atoms with Gasteiger partial charge in [0.05, 0.1) is 6.42 Å². The first-order valence-corrected chi connectivity index (χ1v) is 6.91. The molecule has 0 aromatic heterocycles. The van der Waals surface area contributed by atoms with Crippen molar-refractivity contribution in [2.75, 3.05) is 26.2 Å². The van der Waals surface area contributed by atoms with Crippen molar-refractivity contribution in [3.63, 3.8) is 0 Å². The minimum absolute atomic E-state index is 0. The van der Waals surface area contributed by atoms with Gasteiger partial charge in [-0.05, 0) is 17.7 Å². The largest absolute Gasteiger partial charge is 0.435 e. The molecule has 1 aromatic rings. The minimum Gasteiger partial charge on any atom is -0.435 e. The highest BCUT2D eigenvalue weighted by Gasteiger charge is 2.36. The summed E-state index contributed by atoms with van der Waals surface area (Å²) < 4.78 is 67.4. The summed E-state index contributed by atoms with van der Waals surface area (Å²) in [5.41, 5.74) is 0.331. The van der Waals surface area contributed by atoms with Crippen LogP contribution in [0.5, 0.6) is 5.75 Å². The first-order chi connectivity index (χ1) is 10.3. The van der Waals surface area contributed by atoms with Gasteiger partial charge in [-0.15, -0.1) is 12.4 Å². The van der Waals surface area contributed by atoms with Crippen molar-refractivity contribution in [1.82, 2.24) is 10.2 Å². The zero-order valence-electron chi connectivity index (χ0n) is 12.2. The zero-order valence-corrected chi connectivity index (χ0v) is 13.0. The van der Waals surface area contributed by atoms with Gasteiger partial charge in [0, 0.05) is 32.2 Å². The summed E-state index contributed by atoms with van der Waals surface area (Å²) in [5.74, 6) is -0.130. The molecule has 0 radical (unpaired) electrons. The fourth-order valence-corrected chi connectivity index (χ4v) is 2.57. The van der Waals surface area contributed by atoms with Crippen molar-refractivity contribution in [2.24, 2.45) is 0 Å². The average Bonchev–Trinajstić information content (AvgIpc) is 2.44. The minimum atomic E-state index is -4.34. The molecule has 0 spiro atoms. The highest BCUT2D eigenvalue weighted by molar-refractivity contribution is 5.85. The number of hydrogen-bond acceptors (Lipinski definition) is 3. The Morgan fingerprint density at radius 3 is 2.39 bits per heavy atom. The Hall–Kier alpha value is -1.12. The third-order valence-corrected chi connectivity index (χ3v) is 3.49. The third-order valence-electron chi connectivity index (χ3n) is 3.49. The second-order valence-electron chi connectivity index (χ2n) is 5.07. The molecule has 3 nitrogen and oxygen atoms in total. The number of ether oxygens (including phenoxy) is 1. The average molecular weight is 361 g/mol. The van der Waals surface area contributed by atoms with E-state index in [9.17, 15) is 22.0 Å². The van der Waals surface area contributed by atoms with E-state index in [0.29, 0.717) is 31.7 Å². The van der Waals surface area contributed by atoms with Crippen LogP contribution in [0.1, 0.15) is 18.0 Å². The second-order valence-corrected chi connectivity index (χ2v) is 5.07. The first-order valence-electron chi connectivity index (χ1n) is 6.91. The maximum atomic E-state index is 12.9. The van der Waals surface area contributed by atoms with Crippen LogP contribution < -0.4 is 10.1 Å². The lowest BCUT2D eigenvalue weighted by atomic mass is 10.0. The Kier molecular flexibility index (Phi) is 7.50. The Bertz CT molecular complexity index is 480. The van der Waals surface area contributed by atoms with Crippen molar-refractivity contribution in [2.45, 2.75) is 25.3 Å². The van der Waals surface area contributed by atoms with Crippen molar-refractivity contribution in [3.8, 4) is 5.75 Å². The van der Waals surface area contributed by atoms with Gasteiger partial charge in [0.2, 0.25) is 0 Å². The molecule has 1 fully saturated rings. The third kappa shape index (κ3) is 6.48. The number of benzene rings is 1. The van der Waals surface area contributed by atoms with Crippen LogP contribution in [0.15, 0.2) is 24.3 Å². The standard InChI is InChI=1S/C14H17F5N2O.ClH/c15-13(16)22-11-3-1-2-10(8-11)12(9-14(17,18)19)21-6-4-20-5-7-21;/h1-3,8,12-13,20H,4-7,9H2;1H/t12-;/m0./s1. The van der Waals surface area contributed by atoms with Crippen LogP contribution in [0.3, 0.4) is 0 Å². The topological polar surface area (TPSA) is 24.5 Å². The van der Waals surface area contributed by atoms with Crippen LogP contribution in [0.2, 0.25) is 0 Å². The number of piperazine rings is 1. The Labute approximate surface area is 137 Å². The number of nitrogens with zero attached hydrogens (tertiary/aromatic N) is 1. The van der Waals surface area contributed by atoms with E-state index in [0.717, 1.165) is 0 Å². The molecule has 0 bridgehead atoms. The van der Waals surface area contributed by atoms with E-state index in [-0.39, 0.29) is 18.2 Å². The van der Waals surface area contributed by atoms with Gasteiger partial charge in [-0.2, -0.15) is 22.0 Å². The fraction of sp³-hybridized carbons (Fsp3) is 0.571. The maximum absolute atomic E-state index is 12.9. The molecule has 2 rings (SSSR count). The maximum Gasteiger partial charge on any atom is 0.390 e. The van der Waals surface area contributed by atoms with Gasteiger partial charge < -0.3 is 10.1 Å². The SMILES string of the molecule is Cl.FC(F)Oc1cccc([C@H](CC(F)(F)F)N2CCNCC2)c1. The second kappa shape index (κ2) is 8.65. The van der Waals surface area contributed by atoms with Crippen LogP contribution in [0.4, 0.5) is 22.0 Å². The van der Waals surface area contributed by atoms with Gasteiger partial charge in [0.1, 0.15) is 5.75 Å². The molecular formula is C14H18ClF5N2O. The molecule has 1 atom stereocenters. The molecule has 0 aliphatic carbocycles. The van der Waals surface area contributed by atoms with Crippen LogP contribution in [-0.4, -0.2) is 43.9 Å². The van der Waals surface area contributed by atoms with E-state index in [1.54, 1.807) is 4.90 Å². The highest BCUT2D eigenvalue weighted by atomic mass is 35.5. The Balaban J connectivity index is 0.00000264. The highest BCUT2D eigenvalue weighted by Crippen LogP contribution is 2.35. The van der Waals surface area contributed by atoms with Gasteiger partial charge >= 0.3 is 12.8 Å². The van der Waals surface area contributed by atoms with Gasteiger partial charge in [-0.25, -0.2) is 0 Å². The molecule has 23 heavy (non-hydrogen) atoms. The van der Waals surface area contributed by atoms with Crippen LogP contribution in [0.25, 0.3) is 0 Å². The Morgan fingerprint density at radius 2 is 1.83 bits per heavy atom. The molecular weight excluding hydrogens is 343 g/mol. The summed E-state index contributed by atoms with van der Waals surface area (Å²) in [5, 5.41) is 3.07. The first kappa shape index (κ1) is 19.9. The van der Waals surface area contributed by atoms with Gasteiger partial charge in [-0.3, -0.25) is 4.90 Å². The number of halogens is 6. The molecule has 1 heterocycles. The molecule has 0 unspecified atom stereocenters. The van der Waals surface area contributed by atoms with Gasteiger partial charge in [0.25, 0.3) is 0 Å². The summed E-state index contributed by atoms with van der Waals surface area (Å²) in [6.07, 6.45) is -5.36. The number of hydrogen-bond donors (Lipinski definition) is 1. The molecule has 1 aliphatic heterocycles. The molecule has 9 heteroatoms.